The van der Waals surface area contributed by atoms with Crippen LogP contribution in [0.1, 0.15) is 26.2 Å². The van der Waals surface area contributed by atoms with Crippen molar-refractivity contribution in [2.45, 2.75) is 26.2 Å². The largest absolute Gasteiger partial charge is 0.340 e. The summed E-state index contributed by atoms with van der Waals surface area (Å²) >= 11 is 0. The molecule has 19 heavy (non-hydrogen) atoms. The highest BCUT2D eigenvalue weighted by Crippen LogP contribution is 2.12. The monoisotopic (exact) mass is 292 g/mol. The van der Waals surface area contributed by atoms with Gasteiger partial charge >= 0.3 is 0 Å². The van der Waals surface area contributed by atoms with Crippen LogP contribution in [-0.4, -0.2) is 56.3 Å². The lowest BCUT2D eigenvalue weighted by Gasteiger charge is -2.33. The van der Waals surface area contributed by atoms with E-state index in [0.29, 0.717) is 32.0 Å². The molecule has 0 aromatic rings. The summed E-state index contributed by atoms with van der Waals surface area (Å²) < 4.78 is 23.5. The summed E-state index contributed by atoms with van der Waals surface area (Å²) in [6.45, 7) is 4.12. The minimum Gasteiger partial charge on any atom is -0.340 e. The number of nitrogens with zero attached hydrogens (tertiary/aromatic N) is 2. The van der Waals surface area contributed by atoms with Crippen LogP contribution >= 0.6 is 0 Å². The molecular formula is C11H24N4O3S. The maximum absolute atomic E-state index is 12.0. The molecule has 1 aliphatic heterocycles. The van der Waals surface area contributed by atoms with Crippen LogP contribution in [0.4, 0.5) is 0 Å². The molecule has 0 aromatic heterocycles. The highest BCUT2D eigenvalue weighted by Gasteiger charge is 2.26. The van der Waals surface area contributed by atoms with Gasteiger partial charge in [-0.1, -0.05) is 6.92 Å². The Hall–Kier alpha value is -0.700. The molecule has 0 radical (unpaired) electrons. The molecule has 0 bridgehead atoms. The molecule has 0 saturated carbocycles. The summed E-state index contributed by atoms with van der Waals surface area (Å²) in [4.78, 5) is 13.7. The summed E-state index contributed by atoms with van der Waals surface area (Å²) in [5, 5.41) is 5.05. The van der Waals surface area contributed by atoms with E-state index in [9.17, 15) is 13.2 Å². The van der Waals surface area contributed by atoms with Gasteiger partial charge in [-0.15, -0.1) is 0 Å². The fourth-order valence-electron chi connectivity index (χ4n) is 2.15. The minimum atomic E-state index is -3.63. The molecule has 0 aromatic carbocycles. The Morgan fingerprint density at radius 2 is 1.79 bits per heavy atom. The number of rotatable bonds is 6. The van der Waals surface area contributed by atoms with Gasteiger partial charge in [-0.25, -0.2) is 5.14 Å². The Morgan fingerprint density at radius 3 is 2.26 bits per heavy atom. The zero-order valence-electron chi connectivity index (χ0n) is 11.4. The number of hydrogen-bond acceptors (Lipinski definition) is 4. The fourth-order valence-corrected chi connectivity index (χ4v) is 2.82. The van der Waals surface area contributed by atoms with E-state index >= 15 is 0 Å². The average molecular weight is 292 g/mol. The second-order valence-electron chi connectivity index (χ2n) is 5.05. The molecule has 1 saturated heterocycles. The zero-order chi connectivity index (χ0) is 14.5. The average Bonchev–Trinajstić information content (AvgIpc) is 2.35. The van der Waals surface area contributed by atoms with Gasteiger partial charge in [-0.3, -0.25) is 4.79 Å². The predicted octanol–water partition coefficient (Wildman–Crippen LogP) is -0.901. The van der Waals surface area contributed by atoms with E-state index in [1.807, 2.05) is 0 Å². The maximum Gasteiger partial charge on any atom is 0.277 e. The maximum atomic E-state index is 12.0. The Morgan fingerprint density at radius 1 is 1.21 bits per heavy atom. The minimum absolute atomic E-state index is 0.0814. The third-order valence-electron chi connectivity index (χ3n) is 3.46. The van der Waals surface area contributed by atoms with Crippen molar-refractivity contribution in [3.05, 3.63) is 0 Å². The van der Waals surface area contributed by atoms with Gasteiger partial charge in [0.05, 0.1) is 0 Å². The van der Waals surface area contributed by atoms with E-state index in [0.717, 1.165) is 12.8 Å². The van der Waals surface area contributed by atoms with Crippen LogP contribution in [0.5, 0.6) is 0 Å². The Balaban J connectivity index is 2.33. The van der Waals surface area contributed by atoms with Crippen molar-refractivity contribution < 1.29 is 13.2 Å². The zero-order valence-corrected chi connectivity index (χ0v) is 12.2. The van der Waals surface area contributed by atoms with E-state index < -0.39 is 10.2 Å². The van der Waals surface area contributed by atoms with Crippen molar-refractivity contribution in [2.75, 3.05) is 32.7 Å². The van der Waals surface area contributed by atoms with Gasteiger partial charge in [-0.2, -0.15) is 12.7 Å². The molecule has 7 nitrogen and oxygen atoms in total. The number of carbonyl (C=O) groups is 1. The third kappa shape index (κ3) is 5.43. The molecule has 4 N–H and O–H groups in total. The number of amides is 1. The first-order valence-corrected chi connectivity index (χ1v) is 8.10. The van der Waals surface area contributed by atoms with Crippen molar-refractivity contribution in [3.8, 4) is 0 Å². The van der Waals surface area contributed by atoms with Crippen LogP contribution in [0.2, 0.25) is 0 Å². The number of hydrogen-bond donors (Lipinski definition) is 2. The van der Waals surface area contributed by atoms with E-state index in [1.54, 1.807) is 4.90 Å². The van der Waals surface area contributed by atoms with Crippen molar-refractivity contribution in [1.82, 2.24) is 9.21 Å². The van der Waals surface area contributed by atoms with Crippen LogP contribution in [0.3, 0.4) is 0 Å². The molecule has 1 fully saturated rings. The molecule has 1 heterocycles. The molecule has 0 spiro atoms. The lowest BCUT2D eigenvalue weighted by molar-refractivity contribution is -0.132. The van der Waals surface area contributed by atoms with Crippen LogP contribution in [0.25, 0.3) is 0 Å². The Bertz CT molecular complexity index is 391. The molecule has 1 atom stereocenters. The lowest BCUT2D eigenvalue weighted by atomic mass is 10.0. The molecule has 1 unspecified atom stereocenters. The predicted molar refractivity (Wildman–Crippen MR) is 73.3 cm³/mol. The topological polar surface area (TPSA) is 110 Å². The second-order valence-corrected chi connectivity index (χ2v) is 6.59. The summed E-state index contributed by atoms with van der Waals surface area (Å²) in [5.74, 6) is 0.526. The number of nitrogens with two attached hydrogens (primary N) is 2. The van der Waals surface area contributed by atoms with Crippen molar-refractivity contribution >= 4 is 16.1 Å². The Labute approximate surface area is 115 Å². The van der Waals surface area contributed by atoms with Gasteiger partial charge in [0.25, 0.3) is 10.2 Å². The molecule has 1 rings (SSSR count). The van der Waals surface area contributed by atoms with Gasteiger partial charge < -0.3 is 10.6 Å². The van der Waals surface area contributed by atoms with Crippen LogP contribution in [0.15, 0.2) is 0 Å². The SMILES string of the molecule is CC(CCN)CCC(=O)N1CCN(S(N)(=O)=O)CC1. The fraction of sp³-hybridized carbons (Fsp3) is 0.909. The van der Waals surface area contributed by atoms with E-state index in [4.69, 9.17) is 10.9 Å². The molecule has 0 aliphatic carbocycles. The first-order chi connectivity index (χ1) is 8.84. The number of carbonyl (C=O) groups excluding carboxylic acids is 1. The summed E-state index contributed by atoms with van der Waals surface area (Å²) in [6.07, 6.45) is 2.24. The van der Waals surface area contributed by atoms with Gasteiger partial charge in [0.2, 0.25) is 5.91 Å². The highest BCUT2D eigenvalue weighted by molar-refractivity contribution is 7.86. The van der Waals surface area contributed by atoms with E-state index in [1.165, 1.54) is 4.31 Å². The van der Waals surface area contributed by atoms with Gasteiger partial charge in [0.15, 0.2) is 0 Å². The lowest BCUT2D eigenvalue weighted by Crippen LogP contribution is -2.52. The van der Waals surface area contributed by atoms with Gasteiger partial charge in [-0.05, 0) is 25.3 Å². The summed E-state index contributed by atoms with van der Waals surface area (Å²) in [6, 6.07) is 0. The molecule has 8 heteroatoms. The molecule has 112 valence electrons. The molecule has 1 amide bonds. The normalized spacial score (nSPS) is 19.4. The highest BCUT2D eigenvalue weighted by atomic mass is 32.2. The van der Waals surface area contributed by atoms with Crippen molar-refractivity contribution in [3.63, 3.8) is 0 Å². The first kappa shape index (κ1) is 16.4. The first-order valence-electron chi connectivity index (χ1n) is 6.60. The smallest absolute Gasteiger partial charge is 0.277 e. The van der Waals surface area contributed by atoms with Crippen LogP contribution in [-0.2, 0) is 15.0 Å². The van der Waals surface area contributed by atoms with E-state index in [2.05, 4.69) is 6.92 Å². The third-order valence-corrected chi connectivity index (χ3v) is 4.55. The van der Waals surface area contributed by atoms with E-state index in [-0.39, 0.29) is 19.0 Å². The number of piperazine rings is 1. The van der Waals surface area contributed by atoms with Crippen LogP contribution in [0, 0.1) is 5.92 Å². The Kier molecular flexibility index (Phi) is 6.18. The van der Waals surface area contributed by atoms with Crippen LogP contribution < -0.4 is 10.9 Å². The summed E-state index contributed by atoms with van der Waals surface area (Å²) in [7, 11) is -3.63. The summed E-state index contributed by atoms with van der Waals surface area (Å²) in [5.41, 5.74) is 5.47. The standard InChI is InChI=1S/C11H24N4O3S/c1-10(4-5-12)2-3-11(16)14-6-8-15(9-7-14)19(13,17)18/h10H,2-9,12H2,1H3,(H2,13,17,18). The molecule has 1 aliphatic rings. The van der Waals surface area contributed by atoms with Crippen molar-refractivity contribution in [2.24, 2.45) is 16.8 Å². The second kappa shape index (κ2) is 7.18. The van der Waals surface area contributed by atoms with Gasteiger partial charge in [0, 0.05) is 32.6 Å². The quantitative estimate of drug-likeness (QED) is 0.661. The van der Waals surface area contributed by atoms with Crippen molar-refractivity contribution in [1.29, 1.82) is 0 Å². The molecular weight excluding hydrogens is 268 g/mol. The van der Waals surface area contributed by atoms with Gasteiger partial charge in [0.1, 0.15) is 0 Å².